The van der Waals surface area contributed by atoms with Gasteiger partial charge in [-0.1, -0.05) is 19.1 Å². The maximum Gasteiger partial charge on any atom is 0.349 e. The Morgan fingerprint density at radius 1 is 1.11 bits per heavy atom. The highest BCUT2D eigenvalue weighted by Gasteiger charge is 2.18. The molecule has 1 aliphatic rings. The molecule has 6 rings (SSSR count). The highest BCUT2D eigenvalue weighted by molar-refractivity contribution is 6.06. The Bertz CT molecular complexity index is 1760. The number of carbonyl (C=O) groups excluding carboxylic acids is 1. The third-order valence-corrected chi connectivity index (χ3v) is 7.27. The van der Waals surface area contributed by atoms with Gasteiger partial charge in [-0.25, -0.2) is 19.7 Å². The summed E-state index contributed by atoms with van der Waals surface area (Å²) in [4.78, 5) is 47.6. The van der Waals surface area contributed by atoms with Crippen LogP contribution in [0, 0.1) is 13.8 Å². The van der Waals surface area contributed by atoms with E-state index in [1.165, 1.54) is 6.33 Å². The molecule has 0 atom stereocenters. The standard InChI is InChI=1S/C24H28N8O.C6H10N4O/c1-15-12-26-24(28-20-11-16(2)31(3)30-20)29-22(15)18-13-25-23-17(18)7-6-8-19(23)27-21(33)14-32-9-4-5-10-32;1-2-3-7-5-8-4-9-6(11)10-5/h6-8,11-13,25H,4-5,9-10,14H2,1-3H3,(H,27,33)(H,26,28,29,30);4H,2-3H2,1H3,(H2,7,8,9,10,11). The molecular weight excluding hydrogens is 560 g/mol. The number of rotatable bonds is 9. The van der Waals surface area contributed by atoms with Crippen LogP contribution < -0.4 is 21.6 Å². The van der Waals surface area contributed by atoms with Gasteiger partial charge < -0.3 is 20.9 Å². The van der Waals surface area contributed by atoms with Gasteiger partial charge >= 0.3 is 5.69 Å². The summed E-state index contributed by atoms with van der Waals surface area (Å²) in [5.74, 6) is 1.67. The first-order chi connectivity index (χ1) is 21.3. The number of fused-ring (bicyclic) bond motifs is 1. The third kappa shape index (κ3) is 7.45. The van der Waals surface area contributed by atoms with E-state index in [2.05, 4.69) is 50.9 Å². The predicted molar refractivity (Wildman–Crippen MR) is 171 cm³/mol. The minimum atomic E-state index is -0.376. The number of carbonyl (C=O) groups is 1. The fourth-order valence-electron chi connectivity index (χ4n) is 4.94. The van der Waals surface area contributed by atoms with Crippen molar-refractivity contribution in [2.45, 2.75) is 40.0 Å². The molecule has 1 aromatic carbocycles. The average Bonchev–Trinajstić information content (AvgIpc) is 3.74. The zero-order chi connectivity index (χ0) is 31.1. The van der Waals surface area contributed by atoms with Crippen LogP contribution in [0.3, 0.4) is 0 Å². The highest BCUT2D eigenvalue weighted by atomic mass is 16.2. The molecule has 1 aliphatic heterocycles. The molecule has 1 amide bonds. The van der Waals surface area contributed by atoms with Gasteiger partial charge in [0.25, 0.3) is 0 Å². The van der Waals surface area contributed by atoms with Gasteiger partial charge in [0.05, 0.1) is 23.4 Å². The molecule has 5 aromatic rings. The van der Waals surface area contributed by atoms with Crippen molar-refractivity contribution in [3.05, 3.63) is 64.7 Å². The zero-order valence-electron chi connectivity index (χ0n) is 25.4. The number of aromatic nitrogens is 8. The molecule has 4 aromatic heterocycles. The number of benzene rings is 1. The molecular formula is C30H38N12O2. The van der Waals surface area contributed by atoms with Crippen LogP contribution in [0.25, 0.3) is 22.2 Å². The highest BCUT2D eigenvalue weighted by Crippen LogP contribution is 2.33. The first-order valence-corrected chi connectivity index (χ1v) is 14.7. The fraction of sp³-hybridized carbons (Fsp3) is 0.367. The number of aryl methyl sites for hydroxylation is 3. The fourth-order valence-corrected chi connectivity index (χ4v) is 4.94. The summed E-state index contributed by atoms with van der Waals surface area (Å²) in [7, 11) is 1.90. The monoisotopic (exact) mass is 598 g/mol. The molecule has 230 valence electrons. The lowest BCUT2D eigenvalue weighted by molar-refractivity contribution is -0.117. The number of nitrogens with zero attached hydrogens (tertiary/aromatic N) is 7. The van der Waals surface area contributed by atoms with Gasteiger partial charge in [0.1, 0.15) is 6.33 Å². The lowest BCUT2D eigenvalue weighted by Gasteiger charge is -2.14. The van der Waals surface area contributed by atoms with E-state index in [9.17, 15) is 9.59 Å². The summed E-state index contributed by atoms with van der Waals surface area (Å²) in [6, 6.07) is 7.87. The largest absolute Gasteiger partial charge is 0.359 e. The zero-order valence-corrected chi connectivity index (χ0v) is 25.4. The summed E-state index contributed by atoms with van der Waals surface area (Å²) in [6.45, 7) is 9.23. The third-order valence-electron chi connectivity index (χ3n) is 7.27. The number of hydrogen-bond acceptors (Lipinski definition) is 10. The Kier molecular flexibility index (Phi) is 9.59. The van der Waals surface area contributed by atoms with E-state index in [4.69, 9.17) is 4.98 Å². The van der Waals surface area contributed by atoms with Gasteiger partial charge in [-0.2, -0.15) is 10.1 Å². The predicted octanol–water partition coefficient (Wildman–Crippen LogP) is 3.74. The number of anilines is 4. The first kappa shape index (κ1) is 30.4. The number of hydrogen-bond donors (Lipinski definition) is 5. The lowest BCUT2D eigenvalue weighted by atomic mass is 10.1. The van der Waals surface area contributed by atoms with Crippen LogP contribution in [-0.4, -0.2) is 76.7 Å². The Balaban J connectivity index is 0.000000296. The quantitative estimate of drug-likeness (QED) is 0.168. The van der Waals surface area contributed by atoms with Crippen molar-refractivity contribution in [3.8, 4) is 11.3 Å². The number of aromatic amines is 2. The van der Waals surface area contributed by atoms with Crippen molar-refractivity contribution >= 4 is 40.2 Å². The van der Waals surface area contributed by atoms with Crippen molar-refractivity contribution in [3.63, 3.8) is 0 Å². The van der Waals surface area contributed by atoms with Gasteiger partial charge in [-0.05, 0) is 57.8 Å². The smallest absolute Gasteiger partial charge is 0.349 e. The van der Waals surface area contributed by atoms with Crippen molar-refractivity contribution in [1.29, 1.82) is 0 Å². The van der Waals surface area contributed by atoms with Gasteiger partial charge in [-0.3, -0.25) is 19.4 Å². The van der Waals surface area contributed by atoms with E-state index in [1.54, 1.807) is 10.9 Å². The van der Waals surface area contributed by atoms with Crippen LogP contribution in [-0.2, 0) is 11.8 Å². The lowest BCUT2D eigenvalue weighted by Crippen LogP contribution is -2.30. The molecule has 1 saturated heterocycles. The second-order valence-electron chi connectivity index (χ2n) is 10.7. The van der Waals surface area contributed by atoms with Crippen LogP contribution in [0.5, 0.6) is 0 Å². The molecule has 44 heavy (non-hydrogen) atoms. The van der Waals surface area contributed by atoms with Crippen LogP contribution in [0.15, 0.2) is 47.8 Å². The molecule has 0 bridgehead atoms. The molecule has 0 unspecified atom stereocenters. The molecule has 0 radical (unpaired) electrons. The Morgan fingerprint density at radius 2 is 1.93 bits per heavy atom. The minimum Gasteiger partial charge on any atom is -0.359 e. The average molecular weight is 599 g/mol. The van der Waals surface area contributed by atoms with Crippen molar-refractivity contribution in [2.75, 3.05) is 42.1 Å². The summed E-state index contributed by atoms with van der Waals surface area (Å²) >= 11 is 0. The van der Waals surface area contributed by atoms with Crippen LogP contribution in [0.1, 0.15) is 37.4 Å². The first-order valence-electron chi connectivity index (χ1n) is 14.7. The van der Waals surface area contributed by atoms with Gasteiger partial charge in [0.2, 0.25) is 17.8 Å². The molecule has 14 nitrogen and oxygen atoms in total. The van der Waals surface area contributed by atoms with Crippen LogP contribution in [0.2, 0.25) is 0 Å². The SMILES string of the molecule is CCCNc1ncnc(=O)[nH]1.Cc1cnc(Nc2cc(C)n(C)n2)nc1-c1c[nH]c2c(NC(=O)CN3CCCC3)cccc12. The molecule has 0 saturated carbocycles. The maximum atomic E-state index is 12.6. The van der Waals surface area contributed by atoms with E-state index in [1.807, 2.05) is 58.3 Å². The molecule has 0 aliphatic carbocycles. The van der Waals surface area contributed by atoms with E-state index in [0.717, 1.165) is 78.0 Å². The summed E-state index contributed by atoms with van der Waals surface area (Å²) in [5.41, 5.74) is 5.07. The van der Waals surface area contributed by atoms with Crippen LogP contribution >= 0.6 is 0 Å². The maximum absolute atomic E-state index is 12.6. The molecule has 1 fully saturated rings. The molecule has 0 spiro atoms. The van der Waals surface area contributed by atoms with Crippen molar-refractivity contribution < 1.29 is 4.79 Å². The summed E-state index contributed by atoms with van der Waals surface area (Å²) < 4.78 is 1.80. The summed E-state index contributed by atoms with van der Waals surface area (Å²) in [5, 5.41) is 14.6. The van der Waals surface area contributed by atoms with Gasteiger partial charge in [-0.15, -0.1) is 0 Å². The normalized spacial score (nSPS) is 13.0. The Labute approximate surface area is 254 Å². The van der Waals surface area contributed by atoms with Crippen molar-refractivity contribution in [2.24, 2.45) is 7.05 Å². The van der Waals surface area contributed by atoms with Crippen molar-refractivity contribution in [1.82, 2.24) is 44.6 Å². The number of para-hydroxylation sites is 1. The van der Waals surface area contributed by atoms with E-state index < -0.39 is 0 Å². The Morgan fingerprint density at radius 3 is 2.66 bits per heavy atom. The molecule has 5 heterocycles. The molecule has 14 heteroatoms. The van der Waals surface area contributed by atoms with Crippen LogP contribution in [0.4, 0.5) is 23.4 Å². The van der Waals surface area contributed by atoms with E-state index >= 15 is 0 Å². The minimum absolute atomic E-state index is 0.0101. The Hall–Kier alpha value is -5.11. The topological polar surface area (TPSA) is 174 Å². The number of nitrogens with one attached hydrogen (secondary N) is 5. The number of H-pyrrole nitrogens is 2. The molecule has 5 N–H and O–H groups in total. The number of amides is 1. The number of likely N-dealkylation sites (tertiary alicyclic amines) is 1. The second kappa shape index (κ2) is 13.9. The summed E-state index contributed by atoms with van der Waals surface area (Å²) in [6.07, 6.45) is 8.30. The second-order valence-corrected chi connectivity index (χ2v) is 10.7. The van der Waals surface area contributed by atoms with Gasteiger partial charge in [0.15, 0.2) is 5.82 Å². The van der Waals surface area contributed by atoms with E-state index in [0.29, 0.717) is 24.3 Å². The van der Waals surface area contributed by atoms with Gasteiger partial charge in [0, 0.05) is 48.7 Å². The van der Waals surface area contributed by atoms with E-state index in [-0.39, 0.29) is 11.6 Å².